The molecule has 6 heterocycles. The van der Waals surface area contributed by atoms with Crippen molar-refractivity contribution in [2.24, 2.45) is 23.7 Å². The third-order valence-electron chi connectivity index (χ3n) is 14.1. The Labute approximate surface area is 306 Å². The normalized spacial score (nSPS) is 33.2. The number of methoxy groups -OCH3 is 3. The molecule has 4 fully saturated rings. The van der Waals surface area contributed by atoms with Crippen molar-refractivity contribution in [3.8, 4) is 5.75 Å². The number of fused-ring (bicyclic) bond motifs is 9. The number of carbonyl (C=O) groups excluding carboxylic acids is 2. The number of likely N-dealkylation sites (N-methyl/N-ethyl adjacent to an activating group) is 1. The van der Waals surface area contributed by atoms with Gasteiger partial charge in [-0.05, 0) is 93.2 Å². The minimum absolute atomic E-state index is 0.00122. The molecule has 1 unspecified atom stereocenters. The highest BCUT2D eigenvalue weighted by atomic mass is 16.5. The summed E-state index contributed by atoms with van der Waals surface area (Å²) in [6, 6.07) is 13.2. The molecule has 9 heteroatoms. The summed E-state index contributed by atoms with van der Waals surface area (Å²) in [5, 5.41) is 2.32. The molecule has 1 saturated carbocycles. The lowest BCUT2D eigenvalue weighted by atomic mass is 9.56. The number of allylic oxidation sites excluding steroid dienone is 1. The van der Waals surface area contributed by atoms with Gasteiger partial charge in [-0.25, -0.2) is 0 Å². The minimum Gasteiger partial charge on any atom is -0.496 e. The first-order valence-electron chi connectivity index (χ1n) is 19.3. The van der Waals surface area contributed by atoms with Gasteiger partial charge in [0, 0.05) is 76.4 Å². The van der Waals surface area contributed by atoms with Gasteiger partial charge in [0.25, 0.3) is 0 Å². The van der Waals surface area contributed by atoms with Crippen LogP contribution in [0.2, 0.25) is 0 Å². The third-order valence-corrected chi connectivity index (χ3v) is 14.1. The van der Waals surface area contributed by atoms with E-state index < -0.39 is 5.41 Å². The van der Waals surface area contributed by atoms with Crippen LogP contribution in [0.1, 0.15) is 73.5 Å². The lowest BCUT2D eigenvalue weighted by Crippen LogP contribution is -2.67. The predicted molar refractivity (Wildman–Crippen MR) is 202 cm³/mol. The standard InChI is InChI=1S/C43H52N4O5/c1-7-24-15-23-20-43(42(49)52-6)39-27(13-14-47(21-23)40(24)43)29-19-36(50-4)30(17-34(29)45-39)31-16-28-25(8-2)22-46(3)35(37(28)41(48)51-5)18-32-26-11-9-10-12-33(26)44-38(31)32/h8-12,17,19,23-24,28,31,35,37,40,44-45H,7,13-16,18,20-22H2,1-6H3/b25-8-/t23-,24+,28+,31-,35+,37+,40+,43-/m1/s1. The van der Waals surface area contributed by atoms with Crippen LogP contribution in [0.5, 0.6) is 5.75 Å². The molecule has 4 aromatic rings. The molecule has 2 aromatic carbocycles. The number of H-pyrrole nitrogens is 2. The molecule has 0 amide bonds. The Balaban J connectivity index is 1.27. The minimum atomic E-state index is -0.725. The Morgan fingerprint density at radius 3 is 2.60 bits per heavy atom. The second kappa shape index (κ2) is 12.5. The summed E-state index contributed by atoms with van der Waals surface area (Å²) in [7, 11) is 6.99. The summed E-state index contributed by atoms with van der Waals surface area (Å²) in [5.41, 5.74) is 8.48. The second-order valence-corrected chi connectivity index (χ2v) is 16.3. The van der Waals surface area contributed by atoms with Gasteiger partial charge in [-0.3, -0.25) is 19.4 Å². The first-order valence-corrected chi connectivity index (χ1v) is 19.3. The van der Waals surface area contributed by atoms with E-state index in [4.69, 9.17) is 14.2 Å². The van der Waals surface area contributed by atoms with Gasteiger partial charge in [-0.15, -0.1) is 0 Å². The smallest absolute Gasteiger partial charge is 0.319 e. The average molecular weight is 705 g/mol. The van der Waals surface area contributed by atoms with Crippen LogP contribution in [0.15, 0.2) is 48.0 Å². The van der Waals surface area contributed by atoms with Gasteiger partial charge < -0.3 is 24.2 Å². The average Bonchev–Trinajstić information content (AvgIpc) is 3.69. The molecule has 10 rings (SSSR count). The third kappa shape index (κ3) is 4.67. The summed E-state index contributed by atoms with van der Waals surface area (Å²) >= 11 is 0. The fourth-order valence-corrected chi connectivity index (χ4v) is 12.1. The van der Waals surface area contributed by atoms with E-state index in [1.54, 1.807) is 14.2 Å². The molecule has 6 bridgehead atoms. The number of aromatic nitrogens is 2. The van der Waals surface area contributed by atoms with E-state index in [1.165, 1.54) is 41.3 Å². The maximum absolute atomic E-state index is 14.2. The summed E-state index contributed by atoms with van der Waals surface area (Å²) in [6.07, 6.45) is 7.59. The second-order valence-electron chi connectivity index (χ2n) is 16.3. The topological polar surface area (TPSA) is 99.9 Å². The van der Waals surface area contributed by atoms with Crippen LogP contribution in [0.25, 0.3) is 21.8 Å². The highest BCUT2D eigenvalue weighted by Gasteiger charge is 2.62. The van der Waals surface area contributed by atoms with E-state index in [9.17, 15) is 9.59 Å². The quantitative estimate of drug-likeness (QED) is 0.181. The van der Waals surface area contributed by atoms with Gasteiger partial charge in [-0.1, -0.05) is 43.2 Å². The zero-order valence-electron chi connectivity index (χ0n) is 31.4. The largest absolute Gasteiger partial charge is 0.496 e. The number of aromatic amines is 2. The number of nitrogens with zero attached hydrogens (tertiary/aromatic N) is 2. The zero-order chi connectivity index (χ0) is 36.1. The van der Waals surface area contributed by atoms with Gasteiger partial charge in [0.1, 0.15) is 11.2 Å². The molecule has 2 aromatic heterocycles. The molecule has 9 atom stereocenters. The van der Waals surface area contributed by atoms with Gasteiger partial charge in [0.2, 0.25) is 0 Å². The van der Waals surface area contributed by atoms with Crippen molar-refractivity contribution in [3.63, 3.8) is 0 Å². The summed E-state index contributed by atoms with van der Waals surface area (Å²) in [6.45, 7) is 7.17. The molecule has 6 aliphatic rings. The number of benzene rings is 2. The molecule has 274 valence electrons. The lowest BCUT2D eigenvalue weighted by molar-refractivity contribution is -0.162. The van der Waals surface area contributed by atoms with Crippen LogP contribution in [0.3, 0.4) is 0 Å². The molecule has 52 heavy (non-hydrogen) atoms. The molecule has 9 nitrogen and oxygen atoms in total. The lowest BCUT2D eigenvalue weighted by Gasteiger charge is -2.57. The van der Waals surface area contributed by atoms with Crippen molar-refractivity contribution in [2.45, 2.75) is 75.8 Å². The Bertz CT molecular complexity index is 2110. The van der Waals surface area contributed by atoms with Gasteiger partial charge in [0.05, 0.1) is 27.2 Å². The number of ether oxygens (including phenoxy) is 3. The van der Waals surface area contributed by atoms with Crippen molar-refractivity contribution in [1.29, 1.82) is 0 Å². The predicted octanol–water partition coefficient (Wildman–Crippen LogP) is 6.49. The van der Waals surface area contributed by atoms with Crippen molar-refractivity contribution >= 4 is 33.7 Å². The Kier molecular flexibility index (Phi) is 8.12. The summed E-state index contributed by atoms with van der Waals surface area (Å²) < 4.78 is 17.6. The number of rotatable bonds is 5. The Morgan fingerprint density at radius 1 is 1.02 bits per heavy atom. The zero-order valence-corrected chi connectivity index (χ0v) is 31.4. The number of hydrogen-bond donors (Lipinski definition) is 2. The number of esters is 2. The highest BCUT2D eigenvalue weighted by molar-refractivity contribution is 5.93. The molecule has 0 spiro atoms. The van der Waals surface area contributed by atoms with Crippen LogP contribution in [0.4, 0.5) is 0 Å². The molecule has 0 radical (unpaired) electrons. The van der Waals surface area contributed by atoms with E-state index in [2.05, 4.69) is 83.1 Å². The first-order chi connectivity index (χ1) is 25.3. The van der Waals surface area contributed by atoms with Crippen LogP contribution >= 0.6 is 0 Å². The van der Waals surface area contributed by atoms with Crippen molar-refractivity contribution in [2.75, 3.05) is 48.0 Å². The van der Waals surface area contributed by atoms with E-state index in [0.29, 0.717) is 11.8 Å². The Morgan fingerprint density at radius 2 is 1.85 bits per heavy atom. The summed E-state index contributed by atoms with van der Waals surface area (Å²) in [4.78, 5) is 40.8. The van der Waals surface area contributed by atoms with Gasteiger partial charge >= 0.3 is 11.9 Å². The maximum Gasteiger partial charge on any atom is 0.319 e. The molecule has 3 saturated heterocycles. The van der Waals surface area contributed by atoms with Crippen LogP contribution in [-0.2, 0) is 37.3 Å². The fourth-order valence-electron chi connectivity index (χ4n) is 12.1. The number of piperidine rings is 3. The number of carbonyl (C=O) groups is 2. The van der Waals surface area contributed by atoms with E-state index in [0.717, 1.165) is 85.2 Å². The van der Waals surface area contributed by atoms with E-state index in [-0.39, 0.29) is 41.8 Å². The van der Waals surface area contributed by atoms with Crippen molar-refractivity contribution in [1.82, 2.24) is 19.8 Å². The SMILES string of the molecule is C/C=C1/CN(C)[C@H]2Cc3c([nH]c4ccccc34)[C@@H](c3cc4[nH]c5c(c4cc3OC)CCN3C[C@@H]4C[C@H](CC)[C@H]3[C@@]5(C(=O)OC)C4)C[C@@H]1[C@@H]2C(=O)OC. The fraction of sp³-hybridized carbons (Fsp3) is 0.535. The van der Waals surface area contributed by atoms with Crippen LogP contribution in [0, 0.1) is 23.7 Å². The Hall–Kier alpha value is -4.08. The maximum atomic E-state index is 14.2. The van der Waals surface area contributed by atoms with Crippen molar-refractivity contribution in [3.05, 3.63) is 76.1 Å². The van der Waals surface area contributed by atoms with Gasteiger partial charge in [-0.2, -0.15) is 0 Å². The monoisotopic (exact) mass is 704 g/mol. The number of para-hydroxylation sites is 1. The number of nitrogens with one attached hydrogen (secondary N) is 2. The summed E-state index contributed by atoms with van der Waals surface area (Å²) in [5.74, 6) is 1.11. The van der Waals surface area contributed by atoms with Crippen molar-refractivity contribution < 1.29 is 23.8 Å². The number of hydrogen-bond acceptors (Lipinski definition) is 7. The number of likely N-dealkylation sites (tertiary alicyclic amines) is 1. The van der Waals surface area contributed by atoms with Gasteiger partial charge in [0.15, 0.2) is 0 Å². The highest BCUT2D eigenvalue weighted by Crippen LogP contribution is 2.56. The van der Waals surface area contributed by atoms with Crippen LogP contribution in [-0.4, -0.2) is 91.8 Å². The first kappa shape index (κ1) is 33.7. The van der Waals surface area contributed by atoms with E-state index in [1.807, 2.05) is 0 Å². The molecule has 2 N–H and O–H groups in total. The molecule has 4 aliphatic heterocycles. The molecule has 2 aliphatic carbocycles. The molecular weight excluding hydrogens is 652 g/mol. The van der Waals surface area contributed by atoms with Crippen LogP contribution < -0.4 is 4.74 Å². The molecular formula is C43H52N4O5. The van der Waals surface area contributed by atoms with E-state index >= 15 is 0 Å².